The van der Waals surface area contributed by atoms with E-state index in [0.29, 0.717) is 11.7 Å². The number of aromatic amines is 1. The van der Waals surface area contributed by atoms with Gasteiger partial charge in [-0.1, -0.05) is 13.8 Å². The van der Waals surface area contributed by atoms with E-state index in [-0.39, 0.29) is 5.56 Å². The Labute approximate surface area is 108 Å². The highest BCUT2D eigenvalue weighted by molar-refractivity contribution is 5.09. The van der Waals surface area contributed by atoms with Gasteiger partial charge in [-0.2, -0.15) is 0 Å². The summed E-state index contributed by atoms with van der Waals surface area (Å²) in [4.78, 5) is 19.2. The molecule has 0 spiro atoms. The van der Waals surface area contributed by atoms with Crippen molar-refractivity contribution < 1.29 is 4.74 Å². The molecule has 1 aliphatic heterocycles. The Balaban J connectivity index is 2.32. The molecule has 4 nitrogen and oxygen atoms in total. The fraction of sp³-hybridized carbons (Fsp3) is 0.714. The lowest BCUT2D eigenvalue weighted by Gasteiger charge is -2.32. The topological polar surface area (TPSA) is 55.0 Å². The van der Waals surface area contributed by atoms with Gasteiger partial charge in [-0.15, -0.1) is 0 Å². The molecule has 1 aromatic heterocycles. The summed E-state index contributed by atoms with van der Waals surface area (Å²) in [6, 6.07) is 1.59. The first kappa shape index (κ1) is 13.3. The first-order valence-electron chi connectivity index (χ1n) is 6.74. The van der Waals surface area contributed by atoms with Crippen LogP contribution in [-0.4, -0.2) is 16.6 Å². The molecule has 0 aliphatic carbocycles. The molecule has 1 fully saturated rings. The molecule has 0 amide bonds. The molecule has 0 bridgehead atoms. The number of nitrogens with zero attached hydrogens (tertiary/aromatic N) is 1. The van der Waals surface area contributed by atoms with Gasteiger partial charge >= 0.3 is 0 Å². The predicted octanol–water partition coefficient (Wildman–Crippen LogP) is 2.38. The van der Waals surface area contributed by atoms with E-state index >= 15 is 0 Å². The lowest BCUT2D eigenvalue weighted by Crippen LogP contribution is -2.34. The van der Waals surface area contributed by atoms with Crippen molar-refractivity contribution in [3.63, 3.8) is 0 Å². The second-order valence-electron chi connectivity index (χ2n) is 5.72. The Morgan fingerprint density at radius 3 is 2.89 bits per heavy atom. The van der Waals surface area contributed by atoms with Gasteiger partial charge in [0, 0.05) is 18.4 Å². The van der Waals surface area contributed by atoms with Crippen LogP contribution in [0.25, 0.3) is 0 Å². The van der Waals surface area contributed by atoms with Gasteiger partial charge in [-0.25, -0.2) is 4.98 Å². The van der Waals surface area contributed by atoms with E-state index in [1.165, 1.54) is 0 Å². The molecule has 18 heavy (non-hydrogen) atoms. The van der Waals surface area contributed by atoms with Crippen molar-refractivity contribution in [2.45, 2.75) is 52.1 Å². The molecule has 0 aromatic carbocycles. The van der Waals surface area contributed by atoms with Crippen LogP contribution in [0.15, 0.2) is 10.9 Å². The Morgan fingerprint density at radius 2 is 2.28 bits per heavy atom. The van der Waals surface area contributed by atoms with Gasteiger partial charge in [0.2, 0.25) is 0 Å². The maximum absolute atomic E-state index is 11.7. The van der Waals surface area contributed by atoms with E-state index < -0.39 is 5.60 Å². The minimum atomic E-state index is -0.426. The second kappa shape index (κ2) is 5.22. The van der Waals surface area contributed by atoms with Crippen molar-refractivity contribution in [3.05, 3.63) is 27.9 Å². The molecule has 1 atom stereocenters. The highest BCUT2D eigenvalue weighted by Gasteiger charge is 2.32. The van der Waals surface area contributed by atoms with Crippen molar-refractivity contribution in [1.82, 2.24) is 9.97 Å². The summed E-state index contributed by atoms with van der Waals surface area (Å²) in [7, 11) is 0. The first-order valence-corrected chi connectivity index (χ1v) is 6.74. The van der Waals surface area contributed by atoms with E-state index in [1.807, 2.05) is 6.92 Å². The van der Waals surface area contributed by atoms with Crippen molar-refractivity contribution in [3.8, 4) is 0 Å². The lowest BCUT2D eigenvalue weighted by molar-refractivity contribution is -0.0763. The summed E-state index contributed by atoms with van der Waals surface area (Å²) in [5.74, 6) is 1.18. The highest BCUT2D eigenvalue weighted by atomic mass is 16.5. The third-order valence-electron chi connectivity index (χ3n) is 3.38. The molecule has 100 valence electrons. The van der Waals surface area contributed by atoms with E-state index in [1.54, 1.807) is 6.07 Å². The number of ether oxygens (including phenoxy) is 1. The number of hydrogen-bond acceptors (Lipinski definition) is 3. The van der Waals surface area contributed by atoms with Crippen LogP contribution < -0.4 is 5.56 Å². The Kier molecular flexibility index (Phi) is 3.85. The number of rotatable bonds is 3. The SMILES string of the molecule is CC(C)Cc1cc(=O)[nH]c(C2(C)CCCCO2)n1. The van der Waals surface area contributed by atoms with Crippen LogP contribution in [0.5, 0.6) is 0 Å². The van der Waals surface area contributed by atoms with Crippen LogP contribution in [0.4, 0.5) is 0 Å². The van der Waals surface area contributed by atoms with Gasteiger partial charge < -0.3 is 9.72 Å². The maximum atomic E-state index is 11.7. The molecule has 0 radical (unpaired) electrons. The van der Waals surface area contributed by atoms with E-state index in [9.17, 15) is 4.79 Å². The van der Waals surface area contributed by atoms with Gasteiger partial charge in [-0.05, 0) is 38.5 Å². The van der Waals surface area contributed by atoms with Crippen LogP contribution >= 0.6 is 0 Å². The average molecular weight is 250 g/mol. The molecular formula is C14H22N2O2. The van der Waals surface area contributed by atoms with Gasteiger partial charge in [0.1, 0.15) is 11.4 Å². The predicted molar refractivity (Wildman–Crippen MR) is 70.6 cm³/mol. The van der Waals surface area contributed by atoms with Crippen LogP contribution in [0.1, 0.15) is 51.6 Å². The molecular weight excluding hydrogens is 228 g/mol. The molecule has 1 unspecified atom stereocenters. The Morgan fingerprint density at radius 1 is 1.50 bits per heavy atom. The van der Waals surface area contributed by atoms with Crippen molar-refractivity contribution >= 4 is 0 Å². The number of H-pyrrole nitrogens is 1. The van der Waals surface area contributed by atoms with Gasteiger partial charge in [-0.3, -0.25) is 4.79 Å². The molecule has 1 aliphatic rings. The largest absolute Gasteiger partial charge is 0.367 e. The van der Waals surface area contributed by atoms with Crippen molar-refractivity contribution in [2.75, 3.05) is 6.61 Å². The van der Waals surface area contributed by atoms with E-state index in [2.05, 4.69) is 23.8 Å². The summed E-state index contributed by atoms with van der Waals surface area (Å²) >= 11 is 0. The normalized spacial score (nSPS) is 24.4. The fourth-order valence-corrected chi connectivity index (χ4v) is 2.40. The zero-order valence-electron chi connectivity index (χ0n) is 11.5. The zero-order chi connectivity index (χ0) is 13.2. The monoisotopic (exact) mass is 250 g/mol. The van der Waals surface area contributed by atoms with Crippen molar-refractivity contribution in [1.29, 1.82) is 0 Å². The number of nitrogens with one attached hydrogen (secondary N) is 1. The van der Waals surface area contributed by atoms with Crippen LogP contribution in [0.3, 0.4) is 0 Å². The van der Waals surface area contributed by atoms with Crippen LogP contribution in [0, 0.1) is 5.92 Å². The van der Waals surface area contributed by atoms with E-state index in [0.717, 1.165) is 38.0 Å². The van der Waals surface area contributed by atoms with Crippen molar-refractivity contribution in [2.24, 2.45) is 5.92 Å². The third kappa shape index (κ3) is 2.99. The molecule has 2 rings (SSSR count). The minimum absolute atomic E-state index is 0.0777. The quantitative estimate of drug-likeness (QED) is 0.896. The maximum Gasteiger partial charge on any atom is 0.251 e. The van der Waals surface area contributed by atoms with E-state index in [4.69, 9.17) is 4.74 Å². The summed E-state index contributed by atoms with van der Waals surface area (Å²) in [5, 5.41) is 0. The number of hydrogen-bond donors (Lipinski definition) is 1. The van der Waals surface area contributed by atoms with Crippen LogP contribution in [-0.2, 0) is 16.8 Å². The summed E-state index contributed by atoms with van der Waals surface area (Å²) in [6.07, 6.45) is 3.95. The smallest absolute Gasteiger partial charge is 0.251 e. The lowest BCUT2D eigenvalue weighted by atomic mass is 9.95. The van der Waals surface area contributed by atoms with Gasteiger partial charge in [0.15, 0.2) is 0 Å². The Bertz CT molecular complexity index is 459. The van der Waals surface area contributed by atoms with Crippen LogP contribution in [0.2, 0.25) is 0 Å². The molecule has 2 heterocycles. The molecule has 0 saturated carbocycles. The summed E-state index contributed by atoms with van der Waals surface area (Å²) in [5.41, 5.74) is 0.356. The summed E-state index contributed by atoms with van der Waals surface area (Å²) < 4.78 is 5.83. The molecule has 4 heteroatoms. The average Bonchev–Trinajstić information content (AvgIpc) is 2.28. The molecule has 1 N–H and O–H groups in total. The number of aromatic nitrogens is 2. The van der Waals surface area contributed by atoms with Gasteiger partial charge in [0.25, 0.3) is 5.56 Å². The fourth-order valence-electron chi connectivity index (χ4n) is 2.40. The summed E-state index contributed by atoms with van der Waals surface area (Å²) in [6.45, 7) is 7.01. The van der Waals surface area contributed by atoms with Gasteiger partial charge in [0.05, 0.1) is 0 Å². The highest BCUT2D eigenvalue weighted by Crippen LogP contribution is 2.32. The minimum Gasteiger partial charge on any atom is -0.367 e. The Hall–Kier alpha value is -1.16. The molecule has 1 saturated heterocycles. The third-order valence-corrected chi connectivity index (χ3v) is 3.38. The second-order valence-corrected chi connectivity index (χ2v) is 5.72. The standard InChI is InChI=1S/C14H22N2O2/c1-10(2)8-11-9-12(17)16-13(15-11)14(3)6-4-5-7-18-14/h9-10H,4-8H2,1-3H3,(H,15,16,17). The first-order chi connectivity index (χ1) is 8.49. The molecule has 1 aromatic rings. The zero-order valence-corrected chi connectivity index (χ0v) is 11.5.